The predicted molar refractivity (Wildman–Crippen MR) is 123 cm³/mol. The van der Waals surface area contributed by atoms with Gasteiger partial charge in [-0.15, -0.1) is 0 Å². The van der Waals surface area contributed by atoms with Crippen molar-refractivity contribution < 1.29 is 0 Å². The monoisotopic (exact) mass is 406 g/mol. The molecule has 5 heteroatoms. The lowest BCUT2D eigenvalue weighted by Crippen LogP contribution is -2.10. The lowest BCUT2D eigenvalue weighted by molar-refractivity contribution is 0.590. The molecule has 3 rings (SSSR count). The second kappa shape index (κ2) is 8.15. The van der Waals surface area contributed by atoms with Gasteiger partial charge in [-0.3, -0.25) is 0 Å². The molecule has 3 aromatic rings. The molecule has 4 nitrogen and oxygen atoms in total. The van der Waals surface area contributed by atoms with Gasteiger partial charge in [-0.1, -0.05) is 102 Å². The smallest absolute Gasteiger partial charge is 0.224 e. The first-order valence-electron chi connectivity index (χ1n) is 9.87. The second-order valence-electron chi connectivity index (χ2n) is 9.36. The van der Waals surface area contributed by atoms with E-state index in [-0.39, 0.29) is 16.8 Å². The Hall–Kier alpha value is -2.40. The Labute approximate surface area is 178 Å². The Morgan fingerprint density at radius 1 is 0.724 bits per heavy atom. The molecule has 0 radical (unpaired) electrons. The highest BCUT2D eigenvalue weighted by atomic mass is 32.2. The molecule has 1 heterocycles. The molecule has 0 saturated carbocycles. The van der Waals surface area contributed by atoms with Gasteiger partial charge >= 0.3 is 0 Å². The molecule has 2 aromatic carbocycles. The van der Waals surface area contributed by atoms with Gasteiger partial charge in [0.1, 0.15) is 0 Å². The van der Waals surface area contributed by atoms with Crippen molar-refractivity contribution in [3.05, 3.63) is 65.2 Å². The van der Waals surface area contributed by atoms with E-state index < -0.39 is 0 Å². The summed E-state index contributed by atoms with van der Waals surface area (Å²) >= 11 is 1.58. The summed E-state index contributed by atoms with van der Waals surface area (Å²) in [7, 11) is 0. The topological polar surface area (TPSA) is 64.7 Å². The quantitative estimate of drug-likeness (QED) is 0.538. The van der Waals surface area contributed by atoms with Crippen LogP contribution in [0, 0.1) is 0 Å². The third-order valence-corrected chi connectivity index (χ3v) is 5.75. The summed E-state index contributed by atoms with van der Waals surface area (Å²) in [6.45, 7) is 13.3. The lowest BCUT2D eigenvalue weighted by atomic mass is 9.87. The van der Waals surface area contributed by atoms with Crippen LogP contribution in [0.4, 0.5) is 5.95 Å². The molecule has 0 unspecified atom stereocenters. The average Bonchev–Trinajstić information content (AvgIpc) is 2.65. The molecule has 0 aliphatic heterocycles. The minimum Gasteiger partial charge on any atom is -0.368 e. The first-order valence-corrected chi connectivity index (χ1v) is 10.9. The molecular weight excluding hydrogens is 376 g/mol. The van der Waals surface area contributed by atoms with Crippen LogP contribution in [0.1, 0.15) is 58.2 Å². The zero-order chi connectivity index (χ0) is 21.2. The molecule has 1 aromatic heterocycles. The summed E-state index contributed by atoms with van der Waals surface area (Å²) in [4.78, 5) is 13.3. The van der Waals surface area contributed by atoms with Crippen LogP contribution in [-0.4, -0.2) is 15.0 Å². The zero-order valence-electron chi connectivity index (χ0n) is 18.2. The van der Waals surface area contributed by atoms with E-state index in [4.69, 9.17) is 5.73 Å². The molecule has 0 fully saturated rings. The summed E-state index contributed by atoms with van der Waals surface area (Å²) < 4.78 is 0. The number of benzene rings is 2. The molecule has 0 amide bonds. The van der Waals surface area contributed by atoms with E-state index in [2.05, 4.69) is 105 Å². The van der Waals surface area contributed by atoms with Gasteiger partial charge in [0.15, 0.2) is 11.0 Å². The van der Waals surface area contributed by atoms with Crippen molar-refractivity contribution >= 4 is 17.7 Å². The zero-order valence-corrected chi connectivity index (χ0v) is 19.0. The highest BCUT2D eigenvalue weighted by Crippen LogP contribution is 2.28. The van der Waals surface area contributed by atoms with Crippen molar-refractivity contribution in [2.45, 2.75) is 63.3 Å². The van der Waals surface area contributed by atoms with E-state index in [0.29, 0.717) is 11.0 Å². The van der Waals surface area contributed by atoms with E-state index >= 15 is 0 Å². The van der Waals surface area contributed by atoms with Gasteiger partial charge in [0.05, 0.1) is 0 Å². The third kappa shape index (κ3) is 5.57. The van der Waals surface area contributed by atoms with Gasteiger partial charge in [-0.25, -0.2) is 4.98 Å². The molecular formula is C24H30N4S. The minimum absolute atomic E-state index is 0.111. The van der Waals surface area contributed by atoms with Gasteiger partial charge < -0.3 is 5.73 Å². The van der Waals surface area contributed by atoms with Crippen molar-refractivity contribution in [3.8, 4) is 11.4 Å². The molecule has 0 saturated heterocycles. The molecule has 0 aliphatic rings. The van der Waals surface area contributed by atoms with Crippen LogP contribution in [0.25, 0.3) is 11.4 Å². The molecule has 0 spiro atoms. The predicted octanol–water partition coefficient (Wildman–Crippen LogP) is 6.01. The normalized spacial score (nSPS) is 12.2. The maximum atomic E-state index is 5.96. The Kier molecular flexibility index (Phi) is 5.99. The van der Waals surface area contributed by atoms with E-state index in [9.17, 15) is 0 Å². The van der Waals surface area contributed by atoms with E-state index in [1.165, 1.54) is 16.7 Å². The fraction of sp³-hybridized carbons (Fsp3) is 0.375. The van der Waals surface area contributed by atoms with Crippen molar-refractivity contribution in [3.63, 3.8) is 0 Å². The number of nitrogens with zero attached hydrogens (tertiary/aromatic N) is 3. The van der Waals surface area contributed by atoms with Crippen molar-refractivity contribution in [1.82, 2.24) is 15.0 Å². The Balaban J connectivity index is 1.75. The highest BCUT2D eigenvalue weighted by molar-refractivity contribution is 7.98. The number of aromatic nitrogens is 3. The summed E-state index contributed by atoms with van der Waals surface area (Å²) in [5.41, 5.74) is 11.0. The van der Waals surface area contributed by atoms with Crippen LogP contribution in [0.3, 0.4) is 0 Å². The van der Waals surface area contributed by atoms with Crippen LogP contribution < -0.4 is 5.73 Å². The van der Waals surface area contributed by atoms with Gasteiger partial charge in [-0.2, -0.15) is 9.97 Å². The molecule has 0 bridgehead atoms. The van der Waals surface area contributed by atoms with Gasteiger partial charge in [0.25, 0.3) is 0 Å². The second-order valence-corrected chi connectivity index (χ2v) is 10.3. The molecule has 0 atom stereocenters. The van der Waals surface area contributed by atoms with E-state index in [0.717, 1.165) is 11.3 Å². The Bertz CT molecular complexity index is 966. The molecule has 2 N–H and O–H groups in total. The highest BCUT2D eigenvalue weighted by Gasteiger charge is 2.15. The SMILES string of the molecule is CC(C)(C)c1ccc(CSc2nc(N)nc(-c3ccc(C(C)(C)C)cc3)n2)cc1. The number of anilines is 1. The van der Waals surface area contributed by atoms with Gasteiger partial charge in [0.2, 0.25) is 5.95 Å². The maximum Gasteiger partial charge on any atom is 0.224 e. The number of nitrogen functional groups attached to an aromatic ring is 1. The number of thioether (sulfide) groups is 1. The summed E-state index contributed by atoms with van der Waals surface area (Å²) in [6, 6.07) is 17.1. The molecule has 0 aliphatic carbocycles. The van der Waals surface area contributed by atoms with Crippen LogP contribution in [0.2, 0.25) is 0 Å². The number of hydrogen-bond acceptors (Lipinski definition) is 5. The summed E-state index contributed by atoms with van der Waals surface area (Å²) in [5, 5.41) is 0.646. The first-order chi connectivity index (χ1) is 13.5. The van der Waals surface area contributed by atoms with Crippen molar-refractivity contribution in [1.29, 1.82) is 0 Å². The fourth-order valence-electron chi connectivity index (χ4n) is 2.93. The standard InChI is InChI=1S/C24H30N4S/c1-23(2,3)18-11-7-16(8-12-18)15-29-22-27-20(26-21(25)28-22)17-9-13-19(14-10-17)24(4,5)6/h7-14H,15H2,1-6H3,(H2,25,26,27,28). The first kappa shape index (κ1) is 21.3. The van der Waals surface area contributed by atoms with Gasteiger partial charge in [-0.05, 0) is 27.5 Å². The fourth-order valence-corrected chi connectivity index (χ4v) is 3.73. The lowest BCUT2D eigenvalue weighted by Gasteiger charge is -2.19. The molecule has 29 heavy (non-hydrogen) atoms. The van der Waals surface area contributed by atoms with E-state index in [1.54, 1.807) is 11.8 Å². The van der Waals surface area contributed by atoms with Crippen LogP contribution in [0.5, 0.6) is 0 Å². The van der Waals surface area contributed by atoms with Crippen LogP contribution >= 0.6 is 11.8 Å². The maximum absolute atomic E-state index is 5.96. The van der Waals surface area contributed by atoms with Crippen LogP contribution in [-0.2, 0) is 16.6 Å². The Morgan fingerprint density at radius 2 is 1.24 bits per heavy atom. The van der Waals surface area contributed by atoms with E-state index in [1.807, 2.05) is 0 Å². The Morgan fingerprint density at radius 3 is 1.76 bits per heavy atom. The van der Waals surface area contributed by atoms with Gasteiger partial charge in [0, 0.05) is 11.3 Å². The number of hydrogen-bond donors (Lipinski definition) is 1. The average molecular weight is 407 g/mol. The third-order valence-electron chi connectivity index (χ3n) is 4.83. The largest absolute Gasteiger partial charge is 0.368 e. The van der Waals surface area contributed by atoms with Crippen molar-refractivity contribution in [2.24, 2.45) is 0 Å². The minimum atomic E-state index is 0.111. The number of nitrogens with two attached hydrogens (primary N) is 1. The summed E-state index contributed by atoms with van der Waals surface area (Å²) in [6.07, 6.45) is 0. The molecule has 152 valence electrons. The van der Waals surface area contributed by atoms with Crippen molar-refractivity contribution in [2.75, 3.05) is 5.73 Å². The number of rotatable bonds is 4. The van der Waals surface area contributed by atoms with Crippen LogP contribution in [0.15, 0.2) is 53.7 Å². The summed E-state index contributed by atoms with van der Waals surface area (Å²) in [5.74, 6) is 1.65.